The molecule has 0 spiro atoms. The summed E-state index contributed by atoms with van der Waals surface area (Å²) in [6, 6.07) is 9.57. The van der Waals surface area contributed by atoms with E-state index >= 15 is 0 Å². The Kier molecular flexibility index (Phi) is 5.32. The lowest BCUT2D eigenvalue weighted by Crippen LogP contribution is -2.24. The van der Waals surface area contributed by atoms with Crippen LogP contribution < -0.4 is 5.32 Å². The number of hydrogen-bond acceptors (Lipinski definition) is 5. The van der Waals surface area contributed by atoms with E-state index < -0.39 is 11.7 Å². The number of hydrogen-bond donors (Lipinski definition) is 1. The standard InChI is InChI=1S/C22H24N4O2S/c1-4-15-10-11-17-18(12-15)29-22(23-17)24-21(28)20(27)19-13(2)25-26(14(19)3)16-8-6-5-7-9-16/h5-9,15H,4,10-12H2,1-3H3,(H,23,24,28)/t15-/m1/s1. The molecule has 0 bridgehead atoms. The van der Waals surface area contributed by atoms with E-state index in [-0.39, 0.29) is 0 Å². The number of carbonyl (C=O) groups excluding carboxylic acids is 2. The second-order valence-electron chi connectivity index (χ2n) is 7.48. The summed E-state index contributed by atoms with van der Waals surface area (Å²) in [7, 11) is 0. The normalized spacial score (nSPS) is 15.8. The van der Waals surface area contributed by atoms with Gasteiger partial charge >= 0.3 is 0 Å². The predicted octanol–water partition coefficient (Wildman–Crippen LogP) is 4.28. The monoisotopic (exact) mass is 408 g/mol. The molecule has 0 fully saturated rings. The molecule has 2 heterocycles. The first-order chi connectivity index (χ1) is 14.0. The van der Waals surface area contributed by atoms with Gasteiger partial charge in [-0.3, -0.25) is 14.9 Å². The van der Waals surface area contributed by atoms with Gasteiger partial charge in [0.2, 0.25) is 0 Å². The van der Waals surface area contributed by atoms with Gasteiger partial charge in [0.1, 0.15) is 0 Å². The predicted molar refractivity (Wildman–Crippen MR) is 114 cm³/mol. The summed E-state index contributed by atoms with van der Waals surface area (Å²) in [5, 5.41) is 7.69. The fourth-order valence-corrected chi connectivity index (χ4v) is 5.02. The van der Waals surface area contributed by atoms with Crippen LogP contribution in [0.25, 0.3) is 5.69 Å². The SMILES string of the molecule is CC[C@@H]1CCc2nc(NC(=O)C(=O)c3c(C)nn(-c4ccccc4)c3C)sc2C1. The maximum Gasteiger partial charge on any atom is 0.298 e. The first-order valence-electron chi connectivity index (χ1n) is 9.93. The molecule has 150 valence electrons. The van der Waals surface area contributed by atoms with Crippen molar-refractivity contribution in [3.05, 3.63) is 57.9 Å². The topological polar surface area (TPSA) is 76.9 Å². The van der Waals surface area contributed by atoms with Gasteiger partial charge in [0.25, 0.3) is 11.7 Å². The van der Waals surface area contributed by atoms with E-state index in [1.54, 1.807) is 18.5 Å². The van der Waals surface area contributed by atoms with Crippen molar-refractivity contribution in [2.24, 2.45) is 5.92 Å². The fourth-order valence-electron chi connectivity index (χ4n) is 3.90. The first kappa shape index (κ1) is 19.5. The lowest BCUT2D eigenvalue weighted by molar-refractivity contribution is -0.112. The molecule has 1 aliphatic rings. The minimum Gasteiger partial charge on any atom is -0.295 e. The van der Waals surface area contributed by atoms with Crippen LogP contribution in [0.3, 0.4) is 0 Å². The molecule has 1 aromatic carbocycles. The largest absolute Gasteiger partial charge is 0.298 e. The number of thiazole rings is 1. The molecular weight excluding hydrogens is 384 g/mol. The Morgan fingerprint density at radius 2 is 2.00 bits per heavy atom. The smallest absolute Gasteiger partial charge is 0.295 e. The minimum absolute atomic E-state index is 0.346. The maximum absolute atomic E-state index is 12.9. The van der Waals surface area contributed by atoms with E-state index in [4.69, 9.17) is 0 Å². The van der Waals surface area contributed by atoms with E-state index in [1.807, 2.05) is 30.3 Å². The number of benzene rings is 1. The summed E-state index contributed by atoms with van der Waals surface area (Å²) in [5.74, 6) is -0.564. The van der Waals surface area contributed by atoms with Crippen molar-refractivity contribution in [2.45, 2.75) is 46.5 Å². The van der Waals surface area contributed by atoms with Gasteiger partial charge in [-0.2, -0.15) is 5.10 Å². The zero-order chi connectivity index (χ0) is 20.5. The van der Waals surface area contributed by atoms with Gasteiger partial charge in [0.05, 0.1) is 28.3 Å². The molecule has 0 radical (unpaired) electrons. The number of para-hydroxylation sites is 1. The highest BCUT2D eigenvalue weighted by Crippen LogP contribution is 2.33. The van der Waals surface area contributed by atoms with Crippen LogP contribution in [0.1, 0.15) is 52.1 Å². The molecule has 0 saturated carbocycles. The van der Waals surface area contributed by atoms with E-state index in [0.29, 0.717) is 28.0 Å². The number of nitrogens with zero attached hydrogens (tertiary/aromatic N) is 3. The number of aryl methyl sites for hydroxylation is 2. The van der Waals surface area contributed by atoms with Crippen LogP contribution in [0.15, 0.2) is 30.3 Å². The average molecular weight is 409 g/mol. The quantitative estimate of drug-likeness (QED) is 0.505. The summed E-state index contributed by atoms with van der Waals surface area (Å²) in [4.78, 5) is 31.3. The van der Waals surface area contributed by atoms with E-state index in [2.05, 4.69) is 22.3 Å². The molecule has 1 N–H and O–H groups in total. The first-order valence-corrected chi connectivity index (χ1v) is 10.8. The Morgan fingerprint density at radius 3 is 2.72 bits per heavy atom. The molecule has 2 aromatic heterocycles. The van der Waals surface area contributed by atoms with Gasteiger partial charge in [-0.15, -0.1) is 11.3 Å². The van der Waals surface area contributed by atoms with Crippen molar-refractivity contribution in [2.75, 3.05) is 5.32 Å². The molecule has 7 heteroatoms. The molecule has 1 amide bonds. The van der Waals surface area contributed by atoms with Gasteiger partial charge in [-0.1, -0.05) is 31.5 Å². The third kappa shape index (κ3) is 3.74. The second kappa shape index (κ2) is 7.91. The van der Waals surface area contributed by atoms with Gasteiger partial charge in [-0.25, -0.2) is 9.67 Å². The third-order valence-electron chi connectivity index (χ3n) is 5.56. The fraction of sp³-hybridized carbons (Fsp3) is 0.364. The molecule has 6 nitrogen and oxygen atoms in total. The molecule has 1 aliphatic carbocycles. The Bertz CT molecular complexity index is 1070. The number of aromatic nitrogens is 3. The Labute approximate surface area is 174 Å². The van der Waals surface area contributed by atoms with Crippen molar-refractivity contribution >= 4 is 28.2 Å². The molecule has 0 saturated heterocycles. The molecule has 29 heavy (non-hydrogen) atoms. The molecule has 4 rings (SSSR count). The number of amides is 1. The van der Waals surface area contributed by atoms with Gasteiger partial charge in [0.15, 0.2) is 5.13 Å². The summed E-state index contributed by atoms with van der Waals surface area (Å²) in [5.41, 5.74) is 3.45. The van der Waals surface area contributed by atoms with Crippen LogP contribution in [0.4, 0.5) is 5.13 Å². The zero-order valence-corrected chi connectivity index (χ0v) is 17.7. The number of rotatable bonds is 5. The summed E-state index contributed by atoms with van der Waals surface area (Å²) in [6.07, 6.45) is 4.24. The van der Waals surface area contributed by atoms with E-state index in [1.165, 1.54) is 16.2 Å². The number of nitrogens with one attached hydrogen (secondary N) is 1. The highest BCUT2D eigenvalue weighted by atomic mass is 32.1. The van der Waals surface area contributed by atoms with Crippen molar-refractivity contribution in [3.8, 4) is 5.69 Å². The average Bonchev–Trinajstić information content (AvgIpc) is 3.26. The van der Waals surface area contributed by atoms with E-state index in [0.717, 1.165) is 37.1 Å². The van der Waals surface area contributed by atoms with E-state index in [9.17, 15) is 9.59 Å². The highest BCUT2D eigenvalue weighted by molar-refractivity contribution is 7.16. The van der Waals surface area contributed by atoms with Crippen molar-refractivity contribution in [3.63, 3.8) is 0 Å². The number of ketones is 1. The lowest BCUT2D eigenvalue weighted by atomic mass is 9.89. The molecular formula is C22H24N4O2S. The Balaban J connectivity index is 1.54. The maximum atomic E-state index is 12.9. The molecule has 3 aromatic rings. The van der Waals surface area contributed by atoms with Crippen LogP contribution in [0.2, 0.25) is 0 Å². The summed E-state index contributed by atoms with van der Waals surface area (Å²) in [6.45, 7) is 5.76. The minimum atomic E-state index is -0.665. The van der Waals surface area contributed by atoms with Crippen molar-refractivity contribution < 1.29 is 9.59 Å². The number of anilines is 1. The van der Waals surface area contributed by atoms with Crippen molar-refractivity contribution in [1.82, 2.24) is 14.8 Å². The van der Waals surface area contributed by atoms with Crippen molar-refractivity contribution in [1.29, 1.82) is 0 Å². The third-order valence-corrected chi connectivity index (χ3v) is 6.60. The second-order valence-corrected chi connectivity index (χ2v) is 8.57. The van der Waals surface area contributed by atoms with Gasteiger partial charge in [-0.05, 0) is 51.2 Å². The highest BCUT2D eigenvalue weighted by Gasteiger charge is 2.27. The lowest BCUT2D eigenvalue weighted by Gasteiger charge is -2.18. The number of carbonyl (C=O) groups is 2. The number of Topliss-reactive ketones (excluding diaryl/α,β-unsaturated/α-hetero) is 1. The summed E-state index contributed by atoms with van der Waals surface area (Å²) >= 11 is 1.49. The zero-order valence-electron chi connectivity index (χ0n) is 16.9. The van der Waals surface area contributed by atoms with Crippen LogP contribution in [0.5, 0.6) is 0 Å². The molecule has 1 atom stereocenters. The van der Waals surface area contributed by atoms with Crippen LogP contribution in [-0.2, 0) is 17.6 Å². The van der Waals surface area contributed by atoms with Crippen LogP contribution >= 0.6 is 11.3 Å². The number of fused-ring (bicyclic) bond motifs is 1. The summed E-state index contributed by atoms with van der Waals surface area (Å²) < 4.78 is 1.70. The van der Waals surface area contributed by atoms with Gasteiger partial charge < -0.3 is 0 Å². The van der Waals surface area contributed by atoms with Gasteiger partial charge in [0, 0.05) is 4.88 Å². The molecule has 0 unspecified atom stereocenters. The molecule has 0 aliphatic heterocycles. The Morgan fingerprint density at radius 1 is 1.24 bits per heavy atom. The van der Waals surface area contributed by atoms with Crippen LogP contribution in [-0.4, -0.2) is 26.5 Å². The van der Waals surface area contributed by atoms with Crippen LogP contribution in [0, 0.1) is 19.8 Å². The Hall–Kier alpha value is -2.80.